The highest BCUT2D eigenvalue weighted by Gasteiger charge is 2.31. The third kappa shape index (κ3) is 6.67. The molecule has 2 N–H and O–H groups in total. The molecule has 0 aliphatic carbocycles. The van der Waals surface area contributed by atoms with E-state index in [1.807, 2.05) is 0 Å². The van der Waals surface area contributed by atoms with Gasteiger partial charge in [-0.25, -0.2) is 0 Å². The summed E-state index contributed by atoms with van der Waals surface area (Å²) in [6, 6.07) is 21.6. The molecule has 242 valence electrons. The standard InChI is InChI=1S/C30H22N8O8S2/c39-29-25(17-31-37(29)21-7-3-1-4-8-21)35-33-19-11-13-23(27(15-19)47(41,42)43)24-14-12-20(16-28(24)48(44,45)46)34-36-26-18-32-38(30(26)40)22-9-5-2-6-10-22/h1-18,25-26H,(H,41,42,43)(H,44,45,46). The zero-order valence-corrected chi connectivity index (χ0v) is 25.9. The summed E-state index contributed by atoms with van der Waals surface area (Å²) in [6.07, 6.45) is 2.51. The SMILES string of the molecule is O=C1C(N=Nc2ccc(-c3ccc(N=NC4C=NN(c5ccccc5)C4=O)cc3S(=O)(=O)O)c(S(=O)(=O)O)c2)C=NN1c1ccccc1. The van der Waals surface area contributed by atoms with E-state index in [0.29, 0.717) is 11.4 Å². The van der Waals surface area contributed by atoms with E-state index < -0.39 is 53.9 Å². The average molecular weight is 687 g/mol. The van der Waals surface area contributed by atoms with Crippen molar-refractivity contribution in [2.45, 2.75) is 21.9 Å². The van der Waals surface area contributed by atoms with Gasteiger partial charge in [-0.3, -0.25) is 18.7 Å². The minimum absolute atomic E-state index is 0.1000. The van der Waals surface area contributed by atoms with Gasteiger partial charge in [0.1, 0.15) is 9.79 Å². The second-order valence-corrected chi connectivity index (χ2v) is 12.9. The van der Waals surface area contributed by atoms with E-state index in [1.165, 1.54) is 24.6 Å². The molecule has 16 nitrogen and oxygen atoms in total. The molecule has 0 fully saturated rings. The van der Waals surface area contributed by atoms with Crippen LogP contribution in [-0.2, 0) is 29.8 Å². The van der Waals surface area contributed by atoms with Crippen LogP contribution >= 0.6 is 0 Å². The maximum absolute atomic E-state index is 12.8. The van der Waals surface area contributed by atoms with Crippen LogP contribution in [0.3, 0.4) is 0 Å². The van der Waals surface area contributed by atoms with E-state index in [-0.39, 0.29) is 22.5 Å². The molecule has 0 aromatic heterocycles. The summed E-state index contributed by atoms with van der Waals surface area (Å²) < 4.78 is 69.8. The van der Waals surface area contributed by atoms with Gasteiger partial charge in [0.05, 0.1) is 35.2 Å². The highest BCUT2D eigenvalue weighted by Crippen LogP contribution is 2.37. The van der Waals surface area contributed by atoms with Crippen LogP contribution in [0.2, 0.25) is 0 Å². The van der Waals surface area contributed by atoms with Crippen LogP contribution in [0.25, 0.3) is 11.1 Å². The minimum atomic E-state index is -5.00. The number of carbonyl (C=O) groups excluding carboxylic acids is 2. The Labute approximate surface area is 273 Å². The summed E-state index contributed by atoms with van der Waals surface area (Å²) in [4.78, 5) is 24.0. The number of nitrogens with zero attached hydrogens (tertiary/aromatic N) is 8. The average Bonchev–Trinajstić information content (AvgIpc) is 3.63. The lowest BCUT2D eigenvalue weighted by molar-refractivity contribution is -0.118. The van der Waals surface area contributed by atoms with Crippen molar-refractivity contribution < 1.29 is 35.5 Å². The Bertz CT molecular complexity index is 2100. The number of carbonyl (C=O) groups is 2. The van der Waals surface area contributed by atoms with E-state index >= 15 is 0 Å². The predicted octanol–water partition coefficient (Wildman–Crippen LogP) is 4.82. The van der Waals surface area contributed by atoms with Gasteiger partial charge >= 0.3 is 0 Å². The molecule has 2 aliphatic heterocycles. The van der Waals surface area contributed by atoms with Gasteiger partial charge in [-0.1, -0.05) is 48.5 Å². The first-order chi connectivity index (χ1) is 22.9. The Morgan fingerprint density at radius 3 is 1.29 bits per heavy atom. The molecule has 6 rings (SSSR count). The first kappa shape index (κ1) is 32.1. The fraction of sp³-hybridized carbons (Fsp3) is 0.0667. The highest BCUT2D eigenvalue weighted by molar-refractivity contribution is 7.86. The molecule has 2 unspecified atom stereocenters. The molecule has 0 spiro atoms. The highest BCUT2D eigenvalue weighted by atomic mass is 32.2. The molecule has 48 heavy (non-hydrogen) atoms. The lowest BCUT2D eigenvalue weighted by atomic mass is 10.0. The number of para-hydroxylation sites is 2. The summed E-state index contributed by atoms with van der Waals surface area (Å²) in [5, 5.41) is 26.1. The molecule has 0 radical (unpaired) electrons. The van der Waals surface area contributed by atoms with Gasteiger partial charge in [-0.2, -0.15) is 57.5 Å². The maximum atomic E-state index is 12.8. The van der Waals surface area contributed by atoms with E-state index in [4.69, 9.17) is 0 Å². The van der Waals surface area contributed by atoms with E-state index in [9.17, 15) is 35.5 Å². The summed E-state index contributed by atoms with van der Waals surface area (Å²) >= 11 is 0. The molecule has 2 heterocycles. The smallest absolute Gasteiger partial charge is 0.282 e. The maximum Gasteiger partial charge on any atom is 0.295 e. The number of hydrazone groups is 2. The number of hydrogen-bond donors (Lipinski definition) is 2. The zero-order valence-electron chi connectivity index (χ0n) is 24.3. The first-order valence-electron chi connectivity index (χ1n) is 13.8. The lowest BCUT2D eigenvalue weighted by Gasteiger charge is -2.13. The van der Waals surface area contributed by atoms with Crippen molar-refractivity contribution in [2.75, 3.05) is 10.0 Å². The van der Waals surface area contributed by atoms with E-state index in [0.717, 1.165) is 34.3 Å². The van der Waals surface area contributed by atoms with Crippen molar-refractivity contribution in [2.24, 2.45) is 30.7 Å². The Kier molecular flexibility index (Phi) is 8.54. The van der Waals surface area contributed by atoms with E-state index in [1.54, 1.807) is 60.7 Å². The van der Waals surface area contributed by atoms with Crippen LogP contribution in [0.1, 0.15) is 0 Å². The van der Waals surface area contributed by atoms with Crippen molar-refractivity contribution in [1.82, 2.24) is 0 Å². The fourth-order valence-corrected chi connectivity index (χ4v) is 6.16. The van der Waals surface area contributed by atoms with Gasteiger partial charge in [0, 0.05) is 11.1 Å². The summed E-state index contributed by atoms with van der Waals surface area (Å²) in [5.74, 6) is -1.02. The first-order valence-corrected chi connectivity index (χ1v) is 16.7. The summed E-state index contributed by atoms with van der Waals surface area (Å²) in [5.41, 5.74) is 0.198. The summed E-state index contributed by atoms with van der Waals surface area (Å²) in [7, 11) is -10.0. The lowest BCUT2D eigenvalue weighted by Crippen LogP contribution is -2.28. The molecule has 0 saturated carbocycles. The Morgan fingerprint density at radius 1 is 0.562 bits per heavy atom. The quantitative estimate of drug-likeness (QED) is 0.183. The van der Waals surface area contributed by atoms with Gasteiger partial charge in [0.25, 0.3) is 32.1 Å². The van der Waals surface area contributed by atoms with Crippen LogP contribution in [-0.4, -0.2) is 62.3 Å². The number of hydrogen-bond acceptors (Lipinski definition) is 12. The number of anilines is 2. The van der Waals surface area contributed by atoms with Gasteiger partial charge in [0.15, 0.2) is 12.1 Å². The molecular formula is C30H22N8O8S2. The number of rotatable bonds is 9. The molecule has 18 heteroatoms. The van der Waals surface area contributed by atoms with Crippen molar-refractivity contribution in [3.63, 3.8) is 0 Å². The zero-order chi connectivity index (χ0) is 34.1. The van der Waals surface area contributed by atoms with E-state index in [2.05, 4.69) is 30.7 Å². The molecule has 4 aromatic carbocycles. The second kappa shape index (κ2) is 12.8. The van der Waals surface area contributed by atoms with Crippen molar-refractivity contribution in [1.29, 1.82) is 0 Å². The van der Waals surface area contributed by atoms with Crippen LogP contribution in [0.4, 0.5) is 22.7 Å². The second-order valence-electron chi connectivity index (χ2n) is 10.1. The van der Waals surface area contributed by atoms with Crippen molar-refractivity contribution in [3.8, 4) is 11.1 Å². The van der Waals surface area contributed by atoms with Crippen molar-refractivity contribution in [3.05, 3.63) is 97.1 Å². The van der Waals surface area contributed by atoms with Crippen LogP contribution in [0.5, 0.6) is 0 Å². The Hall–Kier alpha value is -5.82. The molecule has 4 aromatic rings. The molecule has 0 saturated heterocycles. The largest absolute Gasteiger partial charge is 0.295 e. The Balaban J connectivity index is 1.27. The fourth-order valence-electron chi connectivity index (χ4n) is 4.71. The molecule has 2 atom stereocenters. The van der Waals surface area contributed by atoms with Gasteiger partial charge in [-0.05, 0) is 48.5 Å². The van der Waals surface area contributed by atoms with Crippen molar-refractivity contribution >= 4 is 67.2 Å². The van der Waals surface area contributed by atoms with Crippen LogP contribution < -0.4 is 10.0 Å². The minimum Gasteiger partial charge on any atom is -0.282 e. The topological polar surface area (TPSA) is 224 Å². The third-order valence-corrected chi connectivity index (χ3v) is 8.73. The monoisotopic (exact) mass is 686 g/mol. The van der Waals surface area contributed by atoms with Gasteiger partial charge in [-0.15, -0.1) is 0 Å². The summed E-state index contributed by atoms with van der Waals surface area (Å²) in [6.45, 7) is 0. The predicted molar refractivity (Wildman–Crippen MR) is 173 cm³/mol. The van der Waals surface area contributed by atoms with Gasteiger partial charge < -0.3 is 0 Å². The number of benzene rings is 4. The van der Waals surface area contributed by atoms with Crippen LogP contribution in [0, 0.1) is 0 Å². The molecule has 2 aliphatic rings. The molecular weight excluding hydrogens is 665 g/mol. The van der Waals surface area contributed by atoms with Gasteiger partial charge in [0.2, 0.25) is 0 Å². The van der Waals surface area contributed by atoms with Crippen LogP contribution in [0.15, 0.2) is 138 Å². The number of amides is 2. The molecule has 2 amide bonds. The third-order valence-electron chi connectivity index (χ3n) is 6.94. The Morgan fingerprint density at radius 2 is 0.938 bits per heavy atom. The molecule has 0 bridgehead atoms. The normalized spacial score (nSPS) is 18.2. The number of azo groups is 2.